The van der Waals surface area contributed by atoms with Gasteiger partial charge in [-0.25, -0.2) is 0 Å². The summed E-state index contributed by atoms with van der Waals surface area (Å²) in [7, 11) is 1.00. The highest BCUT2D eigenvalue weighted by atomic mass is 35.6. The first-order valence-corrected chi connectivity index (χ1v) is 25.7. The summed E-state index contributed by atoms with van der Waals surface area (Å²) < 4.78 is 12.3. The SMILES string of the molecule is CC(C)(C)c1ccc(-c2nnc(-c3ccc4c(c3)C3(c5ccccc5-c5ccc(N(c6ccccc6)c6ccccc6)cc53)c3cc(-c5nnc(-c6ccc(C(C)(C)C)cc6)o5)ccc3-4)o2)cc1.CO.ClC(Cl)Cl. The lowest BCUT2D eigenvalue weighted by Crippen LogP contribution is -2.26. The number of rotatable bonds is 7. The maximum Gasteiger partial charge on any atom is 0.248 e. The number of halogens is 3. The lowest BCUT2D eigenvalue weighted by atomic mass is 9.70. The summed E-state index contributed by atoms with van der Waals surface area (Å²) in [5, 5.41) is 25.5. The van der Waals surface area contributed by atoms with Gasteiger partial charge in [-0.2, -0.15) is 0 Å². The summed E-state index contributed by atoms with van der Waals surface area (Å²) in [6.07, 6.45) is 0. The molecule has 1 spiro atoms. The number of aliphatic hydroxyl groups excluding tert-OH is 1. The van der Waals surface area contributed by atoms with Crippen molar-refractivity contribution in [3.63, 3.8) is 0 Å². The lowest BCUT2D eigenvalue weighted by molar-refractivity contribution is 0.399. The van der Waals surface area contributed by atoms with E-state index in [1.807, 2.05) is 0 Å². The molecule has 2 aliphatic carbocycles. The number of aliphatic hydroxyl groups is 1. The molecule has 0 bridgehead atoms. The van der Waals surface area contributed by atoms with E-state index >= 15 is 0 Å². The van der Waals surface area contributed by atoms with Gasteiger partial charge in [0, 0.05) is 46.4 Å². The van der Waals surface area contributed by atoms with Crippen molar-refractivity contribution in [2.45, 2.75) is 62.1 Å². The number of para-hydroxylation sites is 2. The Morgan fingerprint density at radius 1 is 0.392 bits per heavy atom. The molecule has 0 atom stereocenters. The van der Waals surface area contributed by atoms with E-state index in [2.05, 4.69) is 255 Å². The van der Waals surface area contributed by atoms with Crippen LogP contribution in [0.5, 0.6) is 0 Å². The minimum atomic E-state index is -0.755. The molecule has 0 saturated carbocycles. The highest BCUT2D eigenvalue weighted by Crippen LogP contribution is 2.64. The highest BCUT2D eigenvalue weighted by Gasteiger charge is 2.52. The molecule has 0 unspecified atom stereocenters. The Balaban J connectivity index is 0.000000998. The third-order valence-corrected chi connectivity index (χ3v) is 13.8. The molecule has 1 N–H and O–H groups in total. The molecular formula is C63H54Cl3N5O3. The molecule has 11 heteroatoms. The van der Waals surface area contributed by atoms with Crippen LogP contribution in [0.4, 0.5) is 17.1 Å². The van der Waals surface area contributed by atoms with Crippen molar-refractivity contribution in [1.82, 2.24) is 20.4 Å². The van der Waals surface area contributed by atoms with Crippen LogP contribution in [0.2, 0.25) is 0 Å². The van der Waals surface area contributed by atoms with E-state index < -0.39 is 9.71 Å². The first-order valence-electron chi connectivity index (χ1n) is 24.4. The molecule has 0 radical (unpaired) electrons. The smallest absolute Gasteiger partial charge is 0.248 e. The predicted molar refractivity (Wildman–Crippen MR) is 302 cm³/mol. The number of alkyl halides is 3. The van der Waals surface area contributed by atoms with Gasteiger partial charge in [0.15, 0.2) is 4.30 Å². The van der Waals surface area contributed by atoms with Crippen LogP contribution in [0.25, 0.3) is 68.1 Å². The number of benzene rings is 8. The Bertz CT molecular complexity index is 3410. The molecular weight excluding hydrogens is 981 g/mol. The molecule has 8 nitrogen and oxygen atoms in total. The molecule has 74 heavy (non-hydrogen) atoms. The first kappa shape index (κ1) is 50.2. The van der Waals surface area contributed by atoms with Gasteiger partial charge in [-0.05, 0) is 151 Å². The van der Waals surface area contributed by atoms with Gasteiger partial charge >= 0.3 is 0 Å². The maximum atomic E-state index is 7.00. The molecule has 370 valence electrons. The zero-order valence-corrected chi connectivity index (χ0v) is 44.4. The van der Waals surface area contributed by atoms with E-state index in [1.165, 1.54) is 33.4 Å². The van der Waals surface area contributed by atoms with Crippen molar-refractivity contribution < 1.29 is 13.9 Å². The Hall–Kier alpha value is -7.33. The first-order chi connectivity index (χ1) is 35.7. The zero-order valence-electron chi connectivity index (χ0n) is 42.1. The van der Waals surface area contributed by atoms with Crippen LogP contribution in [0.15, 0.2) is 197 Å². The Morgan fingerprint density at radius 3 is 1.15 bits per heavy atom. The second-order valence-electron chi connectivity index (χ2n) is 20.3. The number of hydrogen-bond donors (Lipinski definition) is 1. The Labute approximate surface area is 447 Å². The van der Waals surface area contributed by atoms with Gasteiger partial charge in [-0.1, -0.05) is 179 Å². The number of nitrogens with zero attached hydrogens (tertiary/aromatic N) is 5. The van der Waals surface area contributed by atoms with E-state index in [-0.39, 0.29) is 10.8 Å². The van der Waals surface area contributed by atoms with Gasteiger partial charge in [-0.3, -0.25) is 0 Å². The summed E-state index contributed by atoms with van der Waals surface area (Å²) in [6, 6.07) is 67.0. The van der Waals surface area contributed by atoms with E-state index in [1.54, 1.807) is 0 Å². The molecule has 0 aliphatic heterocycles. The van der Waals surface area contributed by atoms with Crippen LogP contribution in [0.3, 0.4) is 0 Å². The van der Waals surface area contributed by atoms with Crippen molar-refractivity contribution in [2.75, 3.05) is 12.0 Å². The molecule has 2 heterocycles. The van der Waals surface area contributed by atoms with E-state index in [9.17, 15) is 0 Å². The minimum absolute atomic E-state index is 0.0318. The van der Waals surface area contributed by atoms with Gasteiger partial charge in [-0.15, -0.1) is 20.4 Å². The average molecular weight is 1040 g/mol. The monoisotopic (exact) mass is 1030 g/mol. The number of aromatic nitrogens is 4. The quantitative estimate of drug-likeness (QED) is 0.158. The fraction of sp³-hybridized carbons (Fsp3) is 0.175. The fourth-order valence-corrected chi connectivity index (χ4v) is 10.3. The summed E-state index contributed by atoms with van der Waals surface area (Å²) in [4.78, 5) is 2.34. The van der Waals surface area contributed by atoms with Gasteiger partial charge in [0.05, 0.1) is 5.41 Å². The summed E-state index contributed by atoms with van der Waals surface area (Å²) in [6.45, 7) is 13.3. The molecule has 0 fully saturated rings. The van der Waals surface area contributed by atoms with Gasteiger partial charge in [0.1, 0.15) is 0 Å². The topological polar surface area (TPSA) is 101 Å². The van der Waals surface area contributed by atoms with Crippen LogP contribution < -0.4 is 4.90 Å². The van der Waals surface area contributed by atoms with Crippen LogP contribution in [0.1, 0.15) is 74.9 Å². The van der Waals surface area contributed by atoms with E-state index in [0.717, 1.165) is 68.7 Å². The van der Waals surface area contributed by atoms with Crippen molar-refractivity contribution in [2.24, 2.45) is 0 Å². The van der Waals surface area contributed by atoms with E-state index in [0.29, 0.717) is 23.6 Å². The molecule has 0 saturated heterocycles. The third-order valence-electron chi connectivity index (χ3n) is 13.8. The normalized spacial score (nSPS) is 12.8. The molecule has 8 aromatic carbocycles. The van der Waals surface area contributed by atoms with Crippen molar-refractivity contribution in [3.05, 3.63) is 221 Å². The molecule has 2 aromatic heterocycles. The van der Waals surface area contributed by atoms with Crippen molar-refractivity contribution >= 4 is 51.9 Å². The number of anilines is 3. The summed E-state index contributed by atoms with van der Waals surface area (Å²) >= 11 is 14.4. The number of hydrogen-bond acceptors (Lipinski definition) is 8. The molecule has 12 rings (SSSR count). The second kappa shape index (κ2) is 20.2. The summed E-state index contributed by atoms with van der Waals surface area (Å²) in [5.41, 5.74) is 17.7. The van der Waals surface area contributed by atoms with Crippen molar-refractivity contribution in [3.8, 4) is 68.1 Å². The van der Waals surface area contributed by atoms with Crippen LogP contribution >= 0.6 is 34.8 Å². The number of fused-ring (bicyclic) bond motifs is 10. The Morgan fingerprint density at radius 2 is 0.730 bits per heavy atom. The van der Waals surface area contributed by atoms with Crippen LogP contribution in [-0.2, 0) is 16.2 Å². The van der Waals surface area contributed by atoms with Crippen molar-refractivity contribution in [1.29, 1.82) is 0 Å². The predicted octanol–water partition coefficient (Wildman–Crippen LogP) is 17.1. The zero-order chi connectivity index (χ0) is 51.9. The third kappa shape index (κ3) is 9.22. The van der Waals surface area contributed by atoms with Crippen LogP contribution in [0, 0.1) is 0 Å². The van der Waals surface area contributed by atoms with E-state index in [4.69, 9.17) is 48.7 Å². The lowest BCUT2D eigenvalue weighted by Gasteiger charge is -2.32. The van der Waals surface area contributed by atoms with Gasteiger partial charge in [0.2, 0.25) is 23.6 Å². The second-order valence-corrected chi connectivity index (χ2v) is 22.3. The fourth-order valence-electron chi connectivity index (χ4n) is 10.3. The Kier molecular flexibility index (Phi) is 13.7. The molecule has 10 aromatic rings. The highest BCUT2D eigenvalue weighted by molar-refractivity contribution is 6.63. The molecule has 2 aliphatic rings. The largest absolute Gasteiger partial charge is 0.416 e. The standard InChI is InChI=1S/C61H49N5O2.CHCl3.CH4O/c1-59(2,3)42-27-21-38(22-28-42)55-62-64-57(67-55)40-25-32-48-49-33-26-41(58-65-63-56(68-58)39-23-29-43(30-24-39)60(4,5)6)36-53(49)61(52(48)35-40)51-20-14-13-19-47(51)50-34-31-46(37-54(50)61)66(44-15-9-7-10-16-44)45-17-11-8-12-18-45;2-1(3)4;1-2/h7-37H,1-6H3;1H;2H,1H3. The molecule has 0 amide bonds. The van der Waals surface area contributed by atoms with Gasteiger partial charge in [0.25, 0.3) is 0 Å². The van der Waals surface area contributed by atoms with Crippen LogP contribution in [-0.4, -0.2) is 36.9 Å². The average Bonchev–Trinajstić information content (AvgIpc) is 4.27. The minimum Gasteiger partial charge on any atom is -0.416 e. The maximum absolute atomic E-state index is 7.00. The van der Waals surface area contributed by atoms with Gasteiger partial charge < -0.3 is 18.8 Å². The summed E-state index contributed by atoms with van der Waals surface area (Å²) in [5.74, 6) is 1.89.